The molecule has 2 heterocycles. The molecule has 1 fully saturated rings. The van der Waals surface area contributed by atoms with E-state index < -0.39 is 12.2 Å². The number of rotatable bonds is 7. The van der Waals surface area contributed by atoms with Crippen molar-refractivity contribution < 1.29 is 19.2 Å². The Labute approximate surface area is 150 Å². The van der Waals surface area contributed by atoms with Crippen molar-refractivity contribution in [2.75, 3.05) is 44.2 Å². The number of ether oxygens (including phenoxy) is 1. The van der Waals surface area contributed by atoms with E-state index in [-0.39, 0.29) is 19.1 Å². The van der Waals surface area contributed by atoms with Gasteiger partial charge >= 0.3 is 6.09 Å². The minimum absolute atomic E-state index is 0.128. The van der Waals surface area contributed by atoms with Crippen molar-refractivity contribution in [1.82, 2.24) is 20.3 Å². The topological polar surface area (TPSA) is 147 Å². The summed E-state index contributed by atoms with van der Waals surface area (Å²) in [4.78, 5) is 39.7. The lowest BCUT2D eigenvalue weighted by molar-refractivity contribution is -0.139. The Hall–Kier alpha value is -2.97. The maximum atomic E-state index is 12.1. The molecule has 0 aromatic carbocycles. The number of carbonyl (C=O) groups excluding carboxylic acids is 2. The zero-order chi connectivity index (χ0) is 18.9. The number of carbonyl (C=O) groups is 2. The first kappa shape index (κ1) is 19.4. The maximum absolute atomic E-state index is 12.1. The SMILES string of the molecule is C[C@@H](CNOCC(=O)N1CCN(c2ncc(C#N)cn2)CC1)OC(N)=O. The average molecular weight is 363 g/mol. The molecule has 2 amide bonds. The lowest BCUT2D eigenvalue weighted by Crippen LogP contribution is -2.50. The number of hydrogen-bond donors (Lipinski definition) is 2. The van der Waals surface area contributed by atoms with Crippen LogP contribution in [0.2, 0.25) is 0 Å². The van der Waals surface area contributed by atoms with Crippen molar-refractivity contribution in [3.63, 3.8) is 0 Å². The minimum atomic E-state index is -0.862. The molecule has 1 atom stereocenters. The molecular weight excluding hydrogens is 342 g/mol. The smallest absolute Gasteiger partial charge is 0.404 e. The monoisotopic (exact) mass is 363 g/mol. The largest absolute Gasteiger partial charge is 0.445 e. The summed E-state index contributed by atoms with van der Waals surface area (Å²) >= 11 is 0. The van der Waals surface area contributed by atoms with Crippen molar-refractivity contribution in [1.29, 1.82) is 5.26 Å². The van der Waals surface area contributed by atoms with E-state index in [1.165, 1.54) is 12.4 Å². The zero-order valence-electron chi connectivity index (χ0n) is 14.4. The molecule has 1 aliphatic rings. The van der Waals surface area contributed by atoms with Crippen LogP contribution >= 0.6 is 0 Å². The number of nitriles is 1. The van der Waals surface area contributed by atoms with E-state index >= 15 is 0 Å². The molecule has 0 unspecified atom stereocenters. The van der Waals surface area contributed by atoms with Crippen LogP contribution in [-0.2, 0) is 14.4 Å². The fraction of sp³-hybridized carbons (Fsp3) is 0.533. The van der Waals surface area contributed by atoms with Crippen molar-refractivity contribution in [2.45, 2.75) is 13.0 Å². The quantitative estimate of drug-likeness (QED) is 0.460. The van der Waals surface area contributed by atoms with E-state index in [4.69, 9.17) is 20.6 Å². The first-order valence-electron chi connectivity index (χ1n) is 8.05. The second-order valence-corrected chi connectivity index (χ2v) is 5.64. The Balaban J connectivity index is 1.67. The predicted octanol–water partition coefficient (Wildman–Crippen LogP) is -0.998. The highest BCUT2D eigenvalue weighted by Crippen LogP contribution is 2.10. The van der Waals surface area contributed by atoms with Gasteiger partial charge in [0.15, 0.2) is 0 Å². The van der Waals surface area contributed by atoms with Crippen molar-refractivity contribution >= 4 is 17.9 Å². The molecule has 0 radical (unpaired) electrons. The Morgan fingerprint density at radius 3 is 2.58 bits per heavy atom. The van der Waals surface area contributed by atoms with E-state index in [0.29, 0.717) is 37.7 Å². The number of amides is 2. The van der Waals surface area contributed by atoms with Crippen molar-refractivity contribution in [2.24, 2.45) is 5.73 Å². The van der Waals surface area contributed by atoms with Gasteiger partial charge in [0.1, 0.15) is 18.8 Å². The van der Waals surface area contributed by atoms with E-state index in [1.54, 1.807) is 11.8 Å². The van der Waals surface area contributed by atoms with Crippen LogP contribution in [0.25, 0.3) is 0 Å². The average Bonchev–Trinajstić information content (AvgIpc) is 2.64. The molecule has 26 heavy (non-hydrogen) atoms. The molecule has 2 rings (SSSR count). The molecule has 11 nitrogen and oxygen atoms in total. The summed E-state index contributed by atoms with van der Waals surface area (Å²) in [5.41, 5.74) is 7.87. The molecule has 11 heteroatoms. The van der Waals surface area contributed by atoms with Gasteiger partial charge in [0.05, 0.1) is 24.5 Å². The third kappa shape index (κ3) is 5.83. The minimum Gasteiger partial charge on any atom is -0.445 e. The number of hydroxylamine groups is 1. The number of nitrogens with zero attached hydrogens (tertiary/aromatic N) is 5. The normalized spacial score (nSPS) is 15.2. The summed E-state index contributed by atoms with van der Waals surface area (Å²) in [7, 11) is 0. The zero-order valence-corrected chi connectivity index (χ0v) is 14.4. The lowest BCUT2D eigenvalue weighted by atomic mass is 10.3. The third-order valence-electron chi connectivity index (χ3n) is 3.67. The van der Waals surface area contributed by atoms with Gasteiger partial charge in [-0.3, -0.25) is 9.63 Å². The number of nitrogens with two attached hydrogens (primary N) is 1. The van der Waals surface area contributed by atoms with Crippen molar-refractivity contribution in [3.05, 3.63) is 18.0 Å². The fourth-order valence-corrected chi connectivity index (χ4v) is 2.32. The molecule has 1 aliphatic heterocycles. The Morgan fingerprint density at radius 1 is 1.35 bits per heavy atom. The summed E-state index contributed by atoms with van der Waals surface area (Å²) in [6.45, 7) is 3.96. The van der Waals surface area contributed by atoms with Crippen LogP contribution in [0, 0.1) is 11.3 Å². The van der Waals surface area contributed by atoms with E-state index in [2.05, 4.69) is 15.4 Å². The number of anilines is 1. The van der Waals surface area contributed by atoms with Gasteiger partial charge in [0.25, 0.3) is 5.91 Å². The summed E-state index contributed by atoms with van der Waals surface area (Å²) in [5.74, 6) is 0.388. The molecule has 0 bridgehead atoms. The van der Waals surface area contributed by atoms with Crippen LogP contribution in [0.1, 0.15) is 12.5 Å². The Morgan fingerprint density at radius 2 is 2.00 bits per heavy atom. The van der Waals surface area contributed by atoms with Crippen LogP contribution in [0.15, 0.2) is 12.4 Å². The molecule has 0 spiro atoms. The van der Waals surface area contributed by atoms with Gasteiger partial charge in [0.2, 0.25) is 5.95 Å². The molecule has 1 aromatic heterocycles. The molecule has 0 aliphatic carbocycles. The number of nitrogens with one attached hydrogen (secondary N) is 1. The number of piperazine rings is 1. The first-order chi connectivity index (χ1) is 12.5. The predicted molar refractivity (Wildman–Crippen MR) is 89.6 cm³/mol. The van der Waals surface area contributed by atoms with Gasteiger partial charge in [-0.05, 0) is 6.92 Å². The highest BCUT2D eigenvalue weighted by atomic mass is 16.6. The second-order valence-electron chi connectivity index (χ2n) is 5.64. The summed E-state index contributed by atoms with van der Waals surface area (Å²) in [6, 6.07) is 1.97. The summed E-state index contributed by atoms with van der Waals surface area (Å²) in [6.07, 6.45) is 1.63. The molecule has 0 saturated carbocycles. The van der Waals surface area contributed by atoms with Gasteiger partial charge in [-0.15, -0.1) is 0 Å². The summed E-state index contributed by atoms with van der Waals surface area (Å²) < 4.78 is 4.71. The van der Waals surface area contributed by atoms with Crippen LogP contribution in [0.5, 0.6) is 0 Å². The highest BCUT2D eigenvalue weighted by molar-refractivity contribution is 5.77. The van der Waals surface area contributed by atoms with Gasteiger partial charge in [-0.1, -0.05) is 0 Å². The molecular formula is C15H21N7O4. The van der Waals surface area contributed by atoms with Crippen LogP contribution in [0.3, 0.4) is 0 Å². The van der Waals surface area contributed by atoms with Gasteiger partial charge in [0, 0.05) is 26.2 Å². The first-order valence-corrected chi connectivity index (χ1v) is 8.05. The fourth-order valence-electron chi connectivity index (χ4n) is 2.32. The van der Waals surface area contributed by atoms with Crippen LogP contribution < -0.4 is 16.1 Å². The van der Waals surface area contributed by atoms with Gasteiger partial charge in [-0.2, -0.15) is 10.7 Å². The van der Waals surface area contributed by atoms with Crippen LogP contribution in [0.4, 0.5) is 10.7 Å². The van der Waals surface area contributed by atoms with E-state index in [0.717, 1.165) is 0 Å². The van der Waals surface area contributed by atoms with Crippen LogP contribution in [-0.4, -0.2) is 72.3 Å². The van der Waals surface area contributed by atoms with Gasteiger partial charge in [-0.25, -0.2) is 14.8 Å². The molecule has 1 aromatic rings. The van der Waals surface area contributed by atoms with Gasteiger partial charge < -0.3 is 20.3 Å². The Kier molecular flexibility index (Phi) is 7.07. The molecule has 1 saturated heterocycles. The molecule has 140 valence electrons. The second kappa shape index (κ2) is 9.50. The Bertz CT molecular complexity index is 653. The van der Waals surface area contributed by atoms with Crippen molar-refractivity contribution in [3.8, 4) is 6.07 Å². The molecule has 3 N–H and O–H groups in total. The lowest BCUT2D eigenvalue weighted by Gasteiger charge is -2.34. The van der Waals surface area contributed by atoms with E-state index in [1.807, 2.05) is 11.0 Å². The standard InChI is InChI=1S/C15H21N7O4/c1-11(26-14(17)24)7-20-25-10-13(23)21-2-4-22(5-3-21)15-18-8-12(6-16)9-19-15/h8-9,11,20H,2-5,7,10H2,1H3,(H2,17,24)/t11-/m0/s1. The number of primary amides is 1. The maximum Gasteiger partial charge on any atom is 0.404 e. The number of hydrogen-bond acceptors (Lipinski definition) is 9. The third-order valence-corrected chi connectivity index (χ3v) is 3.67. The highest BCUT2D eigenvalue weighted by Gasteiger charge is 2.22. The summed E-state index contributed by atoms with van der Waals surface area (Å²) in [5, 5.41) is 8.76. The van der Waals surface area contributed by atoms with E-state index in [9.17, 15) is 9.59 Å². The number of aromatic nitrogens is 2.